The van der Waals surface area contributed by atoms with Gasteiger partial charge >= 0.3 is 6.18 Å². The lowest BCUT2D eigenvalue weighted by Crippen LogP contribution is -2.21. The Kier molecular flexibility index (Phi) is 4.48. The Morgan fingerprint density at radius 2 is 2.03 bits per heavy atom. The molecule has 3 aromatic rings. The first kappa shape index (κ1) is 18.9. The smallest absolute Gasteiger partial charge is 0.306 e. The summed E-state index contributed by atoms with van der Waals surface area (Å²) in [4.78, 5) is 31.9. The molecule has 1 aliphatic carbocycles. The lowest BCUT2D eigenvalue weighted by Gasteiger charge is -2.11. The van der Waals surface area contributed by atoms with Gasteiger partial charge in [-0.15, -0.1) is 0 Å². The third kappa shape index (κ3) is 3.65. The number of amides is 1. The van der Waals surface area contributed by atoms with E-state index in [1.807, 2.05) is 0 Å². The standard InChI is InChI=1S/C19H16F3N5O2/c1-10-8-15(24-16(28)11-4-2-5-12(9-11)19(20,21)22)27(26-10)18-23-14-7-3-6-13(14)17(29)25-18/h2,4-5,8-9H,3,6-7H2,1H3,(H,24,28)(H,23,25,29). The maximum atomic E-state index is 12.9. The van der Waals surface area contributed by atoms with E-state index in [1.165, 1.54) is 16.8 Å². The number of H-pyrrole nitrogens is 1. The lowest BCUT2D eigenvalue weighted by molar-refractivity contribution is -0.137. The van der Waals surface area contributed by atoms with Crippen LogP contribution in [0.3, 0.4) is 0 Å². The lowest BCUT2D eigenvalue weighted by atomic mass is 10.1. The molecule has 4 rings (SSSR count). The number of carbonyl (C=O) groups excluding carboxylic acids is 1. The van der Waals surface area contributed by atoms with Gasteiger partial charge in [-0.25, -0.2) is 4.98 Å². The number of nitrogens with zero attached hydrogens (tertiary/aromatic N) is 3. The van der Waals surface area contributed by atoms with Crippen LogP contribution in [0.1, 0.15) is 39.3 Å². The molecule has 0 radical (unpaired) electrons. The van der Waals surface area contributed by atoms with Gasteiger partial charge in [-0.3, -0.25) is 14.6 Å². The van der Waals surface area contributed by atoms with Crippen molar-refractivity contribution in [3.05, 3.63) is 68.8 Å². The zero-order valence-electron chi connectivity index (χ0n) is 15.3. The van der Waals surface area contributed by atoms with Gasteiger partial charge in [-0.05, 0) is 44.4 Å². The molecule has 0 aliphatic heterocycles. The highest BCUT2D eigenvalue weighted by Crippen LogP contribution is 2.29. The second-order valence-corrected chi connectivity index (χ2v) is 6.78. The number of carbonyl (C=O) groups is 1. The van der Waals surface area contributed by atoms with Crippen LogP contribution < -0.4 is 10.9 Å². The summed E-state index contributed by atoms with van der Waals surface area (Å²) in [6, 6.07) is 5.66. The minimum atomic E-state index is -4.55. The Morgan fingerprint density at radius 1 is 1.24 bits per heavy atom. The topological polar surface area (TPSA) is 92.7 Å². The predicted octanol–water partition coefficient (Wildman–Crippen LogP) is 3.02. The molecule has 2 heterocycles. The molecular formula is C19H16F3N5O2. The molecule has 1 amide bonds. The number of anilines is 1. The van der Waals surface area contributed by atoms with E-state index in [9.17, 15) is 22.8 Å². The van der Waals surface area contributed by atoms with Crippen LogP contribution >= 0.6 is 0 Å². The van der Waals surface area contributed by atoms with Crippen molar-refractivity contribution in [2.24, 2.45) is 0 Å². The number of hydrogen-bond acceptors (Lipinski definition) is 4. The largest absolute Gasteiger partial charge is 0.416 e. The summed E-state index contributed by atoms with van der Waals surface area (Å²) in [6.07, 6.45) is -2.37. The molecule has 0 unspecified atom stereocenters. The van der Waals surface area contributed by atoms with Crippen LogP contribution in [0.15, 0.2) is 35.1 Å². The van der Waals surface area contributed by atoms with Gasteiger partial charge in [-0.2, -0.15) is 23.0 Å². The summed E-state index contributed by atoms with van der Waals surface area (Å²) in [5.41, 5.74) is 0.539. The van der Waals surface area contributed by atoms with E-state index in [4.69, 9.17) is 0 Å². The van der Waals surface area contributed by atoms with Crippen molar-refractivity contribution in [1.29, 1.82) is 0 Å². The summed E-state index contributed by atoms with van der Waals surface area (Å²) in [7, 11) is 0. The number of nitrogens with one attached hydrogen (secondary N) is 2. The normalized spacial score (nSPS) is 13.4. The van der Waals surface area contributed by atoms with Gasteiger partial charge in [0.2, 0.25) is 5.95 Å². The Balaban J connectivity index is 1.67. The molecule has 2 N–H and O–H groups in total. The Bertz CT molecular complexity index is 1160. The summed E-state index contributed by atoms with van der Waals surface area (Å²) >= 11 is 0. The fourth-order valence-corrected chi connectivity index (χ4v) is 3.30. The molecule has 1 aromatic carbocycles. The van der Waals surface area contributed by atoms with Crippen LogP contribution in [0.5, 0.6) is 0 Å². The molecule has 0 atom stereocenters. The first-order valence-electron chi connectivity index (χ1n) is 8.90. The van der Waals surface area contributed by atoms with Crippen LogP contribution in [0.4, 0.5) is 19.0 Å². The van der Waals surface area contributed by atoms with Gasteiger partial charge < -0.3 is 5.32 Å². The molecule has 0 fully saturated rings. The van der Waals surface area contributed by atoms with E-state index in [0.717, 1.165) is 18.6 Å². The molecule has 0 bridgehead atoms. The molecule has 150 valence electrons. The Morgan fingerprint density at radius 3 is 2.79 bits per heavy atom. The van der Waals surface area contributed by atoms with Crippen molar-refractivity contribution in [2.75, 3.05) is 5.32 Å². The third-order valence-electron chi connectivity index (χ3n) is 4.65. The van der Waals surface area contributed by atoms with Crippen molar-refractivity contribution in [1.82, 2.24) is 19.7 Å². The fourth-order valence-electron chi connectivity index (χ4n) is 3.30. The van der Waals surface area contributed by atoms with Gasteiger partial charge in [0.05, 0.1) is 17.0 Å². The summed E-state index contributed by atoms with van der Waals surface area (Å²) in [5, 5.41) is 6.78. The number of benzene rings is 1. The van der Waals surface area contributed by atoms with Gasteiger partial charge in [0.25, 0.3) is 11.5 Å². The van der Waals surface area contributed by atoms with Crippen molar-refractivity contribution in [2.45, 2.75) is 32.4 Å². The molecule has 2 aromatic heterocycles. The number of alkyl halides is 3. The maximum absolute atomic E-state index is 12.9. The Hall–Kier alpha value is -3.43. The van der Waals surface area contributed by atoms with E-state index < -0.39 is 17.6 Å². The number of halogens is 3. The minimum absolute atomic E-state index is 0.142. The minimum Gasteiger partial charge on any atom is -0.306 e. The van der Waals surface area contributed by atoms with E-state index >= 15 is 0 Å². The first-order valence-corrected chi connectivity index (χ1v) is 8.90. The maximum Gasteiger partial charge on any atom is 0.416 e. The van der Waals surface area contributed by atoms with E-state index in [-0.39, 0.29) is 22.9 Å². The van der Waals surface area contributed by atoms with E-state index in [0.29, 0.717) is 29.8 Å². The first-order chi connectivity index (χ1) is 13.7. The molecule has 0 spiro atoms. The average Bonchev–Trinajstić information content (AvgIpc) is 3.27. The quantitative estimate of drug-likeness (QED) is 0.703. The zero-order chi connectivity index (χ0) is 20.8. The molecule has 7 nitrogen and oxygen atoms in total. The van der Waals surface area contributed by atoms with Crippen molar-refractivity contribution in [3.8, 4) is 5.95 Å². The zero-order valence-corrected chi connectivity index (χ0v) is 15.3. The predicted molar refractivity (Wildman–Crippen MR) is 98.1 cm³/mol. The monoisotopic (exact) mass is 403 g/mol. The number of rotatable bonds is 3. The van der Waals surface area contributed by atoms with E-state index in [2.05, 4.69) is 20.4 Å². The highest BCUT2D eigenvalue weighted by atomic mass is 19.4. The fraction of sp³-hybridized carbons (Fsp3) is 0.263. The molecule has 0 saturated heterocycles. The number of aromatic nitrogens is 4. The molecule has 0 saturated carbocycles. The summed E-state index contributed by atoms with van der Waals surface area (Å²) < 4.78 is 40.0. The van der Waals surface area contributed by atoms with Crippen molar-refractivity contribution in [3.63, 3.8) is 0 Å². The highest BCUT2D eigenvalue weighted by molar-refractivity contribution is 6.04. The SMILES string of the molecule is Cc1cc(NC(=O)c2cccc(C(F)(F)F)c2)n(-c2nc3c(c(=O)[nH]2)CCC3)n1. The van der Waals surface area contributed by atoms with Crippen LogP contribution in [0.25, 0.3) is 5.95 Å². The van der Waals surface area contributed by atoms with Crippen molar-refractivity contribution >= 4 is 11.7 Å². The van der Waals surface area contributed by atoms with Crippen LogP contribution in [0, 0.1) is 6.92 Å². The van der Waals surface area contributed by atoms with Gasteiger partial charge in [0, 0.05) is 17.2 Å². The van der Waals surface area contributed by atoms with Gasteiger partial charge in [-0.1, -0.05) is 6.07 Å². The molecular weight excluding hydrogens is 387 g/mol. The van der Waals surface area contributed by atoms with Gasteiger partial charge in [0.1, 0.15) is 5.82 Å². The summed E-state index contributed by atoms with van der Waals surface area (Å²) in [6.45, 7) is 1.68. The Labute approximate surface area is 162 Å². The second kappa shape index (κ2) is 6.87. The molecule has 29 heavy (non-hydrogen) atoms. The third-order valence-corrected chi connectivity index (χ3v) is 4.65. The van der Waals surface area contributed by atoms with E-state index in [1.54, 1.807) is 13.0 Å². The van der Waals surface area contributed by atoms with Crippen LogP contribution in [-0.4, -0.2) is 25.7 Å². The highest BCUT2D eigenvalue weighted by Gasteiger charge is 2.31. The number of aryl methyl sites for hydroxylation is 2. The number of hydrogen-bond donors (Lipinski definition) is 2. The van der Waals surface area contributed by atoms with Crippen LogP contribution in [0.2, 0.25) is 0 Å². The van der Waals surface area contributed by atoms with Gasteiger partial charge in [0.15, 0.2) is 0 Å². The van der Waals surface area contributed by atoms with Crippen LogP contribution in [-0.2, 0) is 19.0 Å². The summed E-state index contributed by atoms with van der Waals surface area (Å²) in [5.74, 6) is -0.408. The second-order valence-electron chi connectivity index (χ2n) is 6.78. The molecule has 10 heteroatoms. The molecule has 1 aliphatic rings. The number of fused-ring (bicyclic) bond motifs is 1. The van der Waals surface area contributed by atoms with Crippen molar-refractivity contribution < 1.29 is 18.0 Å². The number of aromatic amines is 1. The average molecular weight is 403 g/mol.